The lowest BCUT2D eigenvalue weighted by atomic mass is 9.94. The lowest BCUT2D eigenvalue weighted by Gasteiger charge is -2.25. The number of nitrogens with zero attached hydrogens (tertiary/aromatic N) is 3. The van der Waals surface area contributed by atoms with Crippen LogP contribution in [-0.2, 0) is 24.2 Å². The zero-order chi connectivity index (χ0) is 23.3. The number of carbonyl (C=O) groups is 2. The Hall–Kier alpha value is -3.24. The molecule has 0 aromatic carbocycles. The van der Waals surface area contributed by atoms with E-state index in [-0.39, 0.29) is 24.2 Å². The summed E-state index contributed by atoms with van der Waals surface area (Å²) in [5.41, 5.74) is 1.04. The first-order valence-corrected chi connectivity index (χ1v) is 10.3. The third-order valence-electron chi connectivity index (χ3n) is 4.78. The third-order valence-corrected chi connectivity index (χ3v) is 4.78. The van der Waals surface area contributed by atoms with Crippen molar-refractivity contribution in [2.24, 2.45) is 5.92 Å². The van der Waals surface area contributed by atoms with Crippen molar-refractivity contribution in [1.82, 2.24) is 25.4 Å². The highest BCUT2D eigenvalue weighted by atomic mass is 19.3. The molecule has 2 aromatic rings. The number of aromatic nitrogens is 3. The number of alkyl carbamates (subject to hydrolysis) is 1. The van der Waals surface area contributed by atoms with Gasteiger partial charge < -0.3 is 20.1 Å². The van der Waals surface area contributed by atoms with Crippen LogP contribution in [-0.4, -0.2) is 45.5 Å². The van der Waals surface area contributed by atoms with E-state index in [0.29, 0.717) is 30.8 Å². The second-order valence-electron chi connectivity index (χ2n) is 8.50. The summed E-state index contributed by atoms with van der Waals surface area (Å²) in [5, 5.41) is 9.80. The predicted octanol–water partition coefficient (Wildman–Crippen LogP) is 2.90. The number of amides is 2. The van der Waals surface area contributed by atoms with Crippen LogP contribution in [0.5, 0.6) is 5.88 Å². The van der Waals surface area contributed by atoms with Crippen LogP contribution in [0.4, 0.5) is 13.6 Å². The van der Waals surface area contributed by atoms with Gasteiger partial charge in [-0.3, -0.25) is 9.48 Å². The average Bonchev–Trinajstić information content (AvgIpc) is 3.12. The number of hydrogen-bond acceptors (Lipinski definition) is 6. The van der Waals surface area contributed by atoms with Gasteiger partial charge in [-0.15, -0.1) is 0 Å². The van der Waals surface area contributed by atoms with Crippen LogP contribution in [0.2, 0.25) is 0 Å². The molecule has 3 heterocycles. The summed E-state index contributed by atoms with van der Waals surface area (Å²) in [6, 6.07) is 4.44. The fourth-order valence-corrected chi connectivity index (χ4v) is 3.38. The lowest BCUT2D eigenvalue weighted by Crippen LogP contribution is -2.37. The number of alkyl halides is 2. The van der Waals surface area contributed by atoms with E-state index in [1.165, 1.54) is 18.3 Å². The number of pyridine rings is 1. The third kappa shape index (κ3) is 6.63. The highest BCUT2D eigenvalue weighted by molar-refractivity contribution is 5.95. The number of carbonyl (C=O) groups excluding carboxylic acids is 2. The van der Waals surface area contributed by atoms with Crippen LogP contribution in [0.15, 0.2) is 24.4 Å². The van der Waals surface area contributed by atoms with E-state index in [4.69, 9.17) is 4.74 Å². The van der Waals surface area contributed by atoms with Crippen LogP contribution in [0.1, 0.15) is 48.9 Å². The van der Waals surface area contributed by atoms with Crippen LogP contribution in [0.25, 0.3) is 0 Å². The molecule has 174 valence electrons. The van der Waals surface area contributed by atoms with Gasteiger partial charge in [0.2, 0.25) is 5.88 Å². The van der Waals surface area contributed by atoms with Gasteiger partial charge >= 0.3 is 12.7 Å². The molecule has 32 heavy (non-hydrogen) atoms. The summed E-state index contributed by atoms with van der Waals surface area (Å²) in [5.74, 6) is -0.410. The monoisotopic (exact) mass is 451 g/mol. The molecule has 9 nitrogen and oxygen atoms in total. The molecule has 3 rings (SSSR count). The maximum atomic E-state index is 12.7. The van der Waals surface area contributed by atoms with Crippen LogP contribution in [0, 0.1) is 5.92 Å². The molecule has 1 aliphatic heterocycles. The number of ether oxygens (including phenoxy) is 2. The summed E-state index contributed by atoms with van der Waals surface area (Å²) in [4.78, 5) is 28.6. The second-order valence-corrected chi connectivity index (χ2v) is 8.50. The van der Waals surface area contributed by atoms with Gasteiger partial charge in [0, 0.05) is 19.2 Å². The molecular formula is C21H27F2N5O4. The Kier molecular flexibility index (Phi) is 7.26. The zero-order valence-electron chi connectivity index (χ0n) is 18.2. The Morgan fingerprint density at radius 2 is 2.06 bits per heavy atom. The molecule has 0 saturated heterocycles. The Morgan fingerprint density at radius 1 is 1.28 bits per heavy atom. The number of halogens is 2. The van der Waals surface area contributed by atoms with Crippen molar-refractivity contribution in [3.05, 3.63) is 41.3 Å². The minimum atomic E-state index is -2.97. The fraction of sp³-hybridized carbons (Fsp3) is 0.524. The molecule has 0 bridgehead atoms. The summed E-state index contributed by atoms with van der Waals surface area (Å²) in [7, 11) is 0. The molecule has 0 fully saturated rings. The van der Waals surface area contributed by atoms with Crippen molar-refractivity contribution in [2.75, 3.05) is 6.54 Å². The SMILES string of the molecule is CC(C)(C)OC(=O)NCC1CCn2ncc(C(=O)NCc3cccc(OC(F)F)n3)c2C1. The number of rotatable bonds is 7. The largest absolute Gasteiger partial charge is 0.444 e. The van der Waals surface area contributed by atoms with Crippen molar-refractivity contribution < 1.29 is 27.8 Å². The second kappa shape index (κ2) is 9.92. The molecular weight excluding hydrogens is 424 g/mol. The quantitative estimate of drug-likeness (QED) is 0.670. The van der Waals surface area contributed by atoms with E-state index in [0.717, 1.165) is 12.1 Å². The molecule has 11 heteroatoms. The normalized spacial score (nSPS) is 15.8. The van der Waals surface area contributed by atoms with Crippen LogP contribution in [0.3, 0.4) is 0 Å². The average molecular weight is 451 g/mol. The maximum Gasteiger partial charge on any atom is 0.407 e. The van der Waals surface area contributed by atoms with Gasteiger partial charge in [0.25, 0.3) is 5.91 Å². The first kappa shape index (κ1) is 23.4. The molecule has 2 aromatic heterocycles. The molecule has 0 aliphatic carbocycles. The first-order chi connectivity index (χ1) is 15.1. The smallest absolute Gasteiger partial charge is 0.407 e. The van der Waals surface area contributed by atoms with E-state index in [2.05, 4.69) is 25.5 Å². The molecule has 0 radical (unpaired) electrons. The summed E-state index contributed by atoms with van der Waals surface area (Å²) in [6.45, 7) is 3.55. The molecule has 1 aliphatic rings. The van der Waals surface area contributed by atoms with Crippen molar-refractivity contribution in [2.45, 2.75) is 58.9 Å². The summed E-state index contributed by atoms with van der Waals surface area (Å²) < 4.78 is 36.0. The molecule has 0 saturated carbocycles. The number of hydrogen-bond donors (Lipinski definition) is 2. The van der Waals surface area contributed by atoms with Crippen molar-refractivity contribution in [3.63, 3.8) is 0 Å². The summed E-state index contributed by atoms with van der Waals surface area (Å²) >= 11 is 0. The van der Waals surface area contributed by atoms with E-state index in [1.54, 1.807) is 31.5 Å². The molecule has 2 amide bonds. The first-order valence-electron chi connectivity index (χ1n) is 10.3. The summed E-state index contributed by atoms with van der Waals surface area (Å²) in [6.07, 6.45) is 2.43. The fourth-order valence-electron chi connectivity index (χ4n) is 3.38. The van der Waals surface area contributed by atoms with Gasteiger partial charge in [-0.05, 0) is 45.6 Å². The number of fused-ring (bicyclic) bond motifs is 1. The van der Waals surface area contributed by atoms with Gasteiger partial charge in [0.15, 0.2) is 0 Å². The Labute approximate surface area is 184 Å². The van der Waals surface area contributed by atoms with E-state index < -0.39 is 18.3 Å². The van der Waals surface area contributed by atoms with Gasteiger partial charge in [-0.1, -0.05) is 6.07 Å². The van der Waals surface area contributed by atoms with E-state index >= 15 is 0 Å². The molecule has 2 N–H and O–H groups in total. The van der Waals surface area contributed by atoms with Crippen molar-refractivity contribution in [1.29, 1.82) is 0 Å². The maximum absolute atomic E-state index is 12.7. The van der Waals surface area contributed by atoms with Crippen LogP contribution < -0.4 is 15.4 Å². The Balaban J connectivity index is 1.56. The molecule has 1 unspecified atom stereocenters. The Morgan fingerprint density at radius 3 is 2.78 bits per heavy atom. The van der Waals surface area contributed by atoms with Gasteiger partial charge in [0.05, 0.1) is 29.7 Å². The Bertz CT molecular complexity index is 958. The van der Waals surface area contributed by atoms with Gasteiger partial charge in [0.1, 0.15) is 5.60 Å². The van der Waals surface area contributed by atoms with Gasteiger partial charge in [-0.2, -0.15) is 13.9 Å². The highest BCUT2D eigenvalue weighted by Crippen LogP contribution is 2.23. The standard InChI is InChI=1S/C21H27F2N5O4/c1-21(2,3)32-20(30)25-10-13-7-8-28-16(9-13)15(12-26-28)18(29)24-11-14-5-4-6-17(27-14)31-19(22)23/h4-6,12-13,19H,7-11H2,1-3H3,(H,24,29)(H,25,30). The minimum absolute atomic E-state index is 0.0491. The zero-order valence-corrected chi connectivity index (χ0v) is 18.2. The number of aryl methyl sites for hydroxylation is 1. The van der Waals surface area contributed by atoms with Crippen molar-refractivity contribution in [3.8, 4) is 5.88 Å². The van der Waals surface area contributed by atoms with E-state index in [9.17, 15) is 18.4 Å². The molecule has 0 spiro atoms. The van der Waals surface area contributed by atoms with Crippen LogP contribution >= 0.6 is 0 Å². The number of nitrogens with one attached hydrogen (secondary N) is 2. The van der Waals surface area contributed by atoms with Crippen molar-refractivity contribution >= 4 is 12.0 Å². The molecule has 1 atom stereocenters. The minimum Gasteiger partial charge on any atom is -0.444 e. The highest BCUT2D eigenvalue weighted by Gasteiger charge is 2.26. The van der Waals surface area contributed by atoms with Gasteiger partial charge in [-0.25, -0.2) is 9.78 Å². The predicted molar refractivity (Wildman–Crippen MR) is 110 cm³/mol. The van der Waals surface area contributed by atoms with E-state index in [1.807, 2.05) is 0 Å². The lowest BCUT2D eigenvalue weighted by molar-refractivity contribution is -0.0529. The topological polar surface area (TPSA) is 107 Å².